The molecule has 0 spiro atoms. The van der Waals surface area contributed by atoms with E-state index in [1.54, 1.807) is 12.3 Å². The van der Waals surface area contributed by atoms with Gasteiger partial charge in [-0.15, -0.1) is 5.10 Å². The van der Waals surface area contributed by atoms with Crippen LogP contribution in [0.25, 0.3) is 5.78 Å². The number of anilines is 1. The molecule has 2 heterocycles. The summed E-state index contributed by atoms with van der Waals surface area (Å²) >= 11 is 0. The predicted octanol–water partition coefficient (Wildman–Crippen LogP) is 2.35. The molecule has 8 nitrogen and oxygen atoms in total. The summed E-state index contributed by atoms with van der Waals surface area (Å²) in [5.41, 5.74) is 2.41. The third-order valence-electron chi connectivity index (χ3n) is 4.34. The topological polar surface area (TPSA) is 101 Å². The van der Waals surface area contributed by atoms with Crippen LogP contribution in [0, 0.1) is 12.8 Å². The van der Waals surface area contributed by atoms with Crippen molar-refractivity contribution >= 4 is 23.3 Å². The summed E-state index contributed by atoms with van der Waals surface area (Å²) in [5, 5.41) is 9.86. The average molecular weight is 366 g/mol. The summed E-state index contributed by atoms with van der Waals surface area (Å²) in [6.07, 6.45) is 2.40. The minimum Gasteiger partial charge on any atom is -0.345 e. The molecule has 0 saturated carbocycles. The number of hydrogen-bond acceptors (Lipinski definition) is 5. The maximum absolute atomic E-state index is 12.3. The number of nitrogens with zero attached hydrogens (tertiary/aromatic N) is 4. The first kappa shape index (κ1) is 18.5. The second-order valence-electron chi connectivity index (χ2n) is 6.42. The standard InChI is InChI=1S/C19H22N6O2/c1-4-12(2)17(26)22-15-7-5-6-14(10-15)11-21-18(27)16-23-19-20-9-8-13(3)25(19)24-16/h5-10,12H,4,11H2,1-3H3,(H,21,27)(H,22,26)/t12-/m1/s1. The van der Waals surface area contributed by atoms with Gasteiger partial charge in [-0.1, -0.05) is 26.0 Å². The lowest BCUT2D eigenvalue weighted by Crippen LogP contribution is -2.24. The highest BCUT2D eigenvalue weighted by Crippen LogP contribution is 2.13. The lowest BCUT2D eigenvalue weighted by atomic mass is 10.1. The summed E-state index contributed by atoms with van der Waals surface area (Å²) in [4.78, 5) is 32.6. The Labute approximate surface area is 157 Å². The molecule has 0 unspecified atom stereocenters. The third kappa shape index (κ3) is 4.28. The predicted molar refractivity (Wildman–Crippen MR) is 101 cm³/mol. The van der Waals surface area contributed by atoms with Gasteiger partial charge in [-0.25, -0.2) is 9.50 Å². The zero-order valence-electron chi connectivity index (χ0n) is 15.6. The fourth-order valence-electron chi connectivity index (χ4n) is 2.47. The largest absolute Gasteiger partial charge is 0.345 e. The van der Waals surface area contributed by atoms with E-state index < -0.39 is 0 Å². The number of fused-ring (bicyclic) bond motifs is 1. The fourth-order valence-corrected chi connectivity index (χ4v) is 2.47. The van der Waals surface area contributed by atoms with Gasteiger partial charge in [0.25, 0.3) is 11.7 Å². The molecule has 0 aliphatic heterocycles. The molecule has 1 atom stereocenters. The van der Waals surface area contributed by atoms with E-state index >= 15 is 0 Å². The molecule has 140 valence electrons. The van der Waals surface area contributed by atoms with Gasteiger partial charge in [0.2, 0.25) is 11.7 Å². The Kier molecular flexibility index (Phi) is 5.44. The second kappa shape index (κ2) is 7.94. The molecule has 1 aromatic carbocycles. The molecule has 0 bridgehead atoms. The van der Waals surface area contributed by atoms with E-state index in [1.807, 2.05) is 45.0 Å². The minimum absolute atomic E-state index is 0.0181. The van der Waals surface area contributed by atoms with E-state index in [4.69, 9.17) is 0 Å². The van der Waals surface area contributed by atoms with Gasteiger partial charge in [-0.05, 0) is 37.1 Å². The highest BCUT2D eigenvalue weighted by molar-refractivity contribution is 5.92. The van der Waals surface area contributed by atoms with E-state index in [2.05, 4.69) is 25.7 Å². The Morgan fingerprint density at radius 1 is 1.26 bits per heavy atom. The third-order valence-corrected chi connectivity index (χ3v) is 4.34. The summed E-state index contributed by atoms with van der Waals surface area (Å²) < 4.78 is 1.53. The maximum Gasteiger partial charge on any atom is 0.291 e. The Balaban J connectivity index is 1.65. The van der Waals surface area contributed by atoms with E-state index in [9.17, 15) is 9.59 Å². The van der Waals surface area contributed by atoms with E-state index in [-0.39, 0.29) is 23.6 Å². The molecule has 3 aromatic rings. The first-order valence-corrected chi connectivity index (χ1v) is 8.84. The van der Waals surface area contributed by atoms with Gasteiger partial charge < -0.3 is 10.6 Å². The van der Waals surface area contributed by atoms with E-state index in [0.29, 0.717) is 18.0 Å². The number of rotatable bonds is 6. The fraction of sp³-hybridized carbons (Fsp3) is 0.316. The molecule has 0 aliphatic carbocycles. The number of benzene rings is 1. The molecule has 2 aromatic heterocycles. The second-order valence-corrected chi connectivity index (χ2v) is 6.42. The van der Waals surface area contributed by atoms with Crippen molar-refractivity contribution in [3.05, 3.63) is 53.6 Å². The van der Waals surface area contributed by atoms with Crippen molar-refractivity contribution in [1.82, 2.24) is 24.9 Å². The molecular weight excluding hydrogens is 344 g/mol. The molecule has 8 heteroatoms. The molecular formula is C19H22N6O2. The van der Waals surface area contributed by atoms with E-state index in [1.165, 1.54) is 4.52 Å². The number of aromatic nitrogens is 4. The van der Waals surface area contributed by atoms with Crippen molar-refractivity contribution in [2.45, 2.75) is 33.7 Å². The molecule has 0 saturated heterocycles. The Morgan fingerprint density at radius 2 is 2.07 bits per heavy atom. The van der Waals surface area contributed by atoms with Crippen molar-refractivity contribution in [2.75, 3.05) is 5.32 Å². The molecule has 2 N–H and O–H groups in total. The quantitative estimate of drug-likeness (QED) is 0.697. The number of amides is 2. The summed E-state index contributed by atoms with van der Waals surface area (Å²) in [6, 6.07) is 9.17. The maximum atomic E-state index is 12.3. The number of nitrogens with one attached hydrogen (secondary N) is 2. The highest BCUT2D eigenvalue weighted by Gasteiger charge is 2.14. The van der Waals surface area contributed by atoms with Crippen LogP contribution in [-0.2, 0) is 11.3 Å². The van der Waals surface area contributed by atoms with Gasteiger partial charge in [-0.3, -0.25) is 9.59 Å². The molecule has 0 radical (unpaired) electrons. The Morgan fingerprint density at radius 3 is 2.81 bits per heavy atom. The molecule has 2 amide bonds. The van der Waals surface area contributed by atoms with Gasteiger partial charge in [0.15, 0.2) is 0 Å². The first-order chi connectivity index (χ1) is 13.0. The average Bonchev–Trinajstić information content (AvgIpc) is 3.11. The normalized spacial score (nSPS) is 12.0. The van der Waals surface area contributed by atoms with Crippen molar-refractivity contribution in [2.24, 2.45) is 5.92 Å². The van der Waals surface area contributed by atoms with Crippen LogP contribution in [-0.4, -0.2) is 31.4 Å². The van der Waals surface area contributed by atoms with Crippen LogP contribution < -0.4 is 10.6 Å². The van der Waals surface area contributed by atoms with Crippen molar-refractivity contribution in [3.8, 4) is 0 Å². The van der Waals surface area contributed by atoms with Crippen LogP contribution in [0.2, 0.25) is 0 Å². The van der Waals surface area contributed by atoms with Gasteiger partial charge in [-0.2, -0.15) is 4.98 Å². The number of hydrogen-bond donors (Lipinski definition) is 2. The molecule has 0 fully saturated rings. The van der Waals surface area contributed by atoms with Crippen molar-refractivity contribution in [1.29, 1.82) is 0 Å². The summed E-state index contributed by atoms with van der Waals surface area (Å²) in [7, 11) is 0. The zero-order valence-corrected chi connectivity index (χ0v) is 15.6. The monoisotopic (exact) mass is 366 g/mol. The number of carbonyl (C=O) groups excluding carboxylic acids is 2. The zero-order chi connectivity index (χ0) is 19.4. The molecule has 0 aliphatic rings. The van der Waals surface area contributed by atoms with Crippen LogP contribution in [0.3, 0.4) is 0 Å². The van der Waals surface area contributed by atoms with Crippen molar-refractivity contribution in [3.63, 3.8) is 0 Å². The van der Waals surface area contributed by atoms with Crippen LogP contribution in [0.4, 0.5) is 5.69 Å². The lowest BCUT2D eigenvalue weighted by Gasteiger charge is -2.11. The van der Waals surface area contributed by atoms with Crippen LogP contribution in [0.15, 0.2) is 36.5 Å². The highest BCUT2D eigenvalue weighted by atomic mass is 16.2. The van der Waals surface area contributed by atoms with Gasteiger partial charge in [0.05, 0.1) is 0 Å². The molecule has 27 heavy (non-hydrogen) atoms. The van der Waals surface area contributed by atoms with Crippen molar-refractivity contribution < 1.29 is 9.59 Å². The van der Waals surface area contributed by atoms with E-state index in [0.717, 1.165) is 17.7 Å². The number of carbonyl (C=O) groups is 2. The van der Waals surface area contributed by atoms with Gasteiger partial charge >= 0.3 is 0 Å². The van der Waals surface area contributed by atoms with Gasteiger partial charge in [0, 0.05) is 30.0 Å². The van der Waals surface area contributed by atoms with Crippen LogP contribution >= 0.6 is 0 Å². The number of aryl methyl sites for hydroxylation is 1. The Bertz CT molecular complexity index is 981. The summed E-state index contributed by atoms with van der Waals surface area (Å²) in [6.45, 7) is 6.02. The smallest absolute Gasteiger partial charge is 0.291 e. The van der Waals surface area contributed by atoms with Gasteiger partial charge in [0.1, 0.15) is 0 Å². The Hall–Kier alpha value is -3.29. The molecule has 3 rings (SSSR count). The van der Waals surface area contributed by atoms with Crippen LogP contribution in [0.5, 0.6) is 0 Å². The first-order valence-electron chi connectivity index (χ1n) is 8.84. The SMILES string of the molecule is CC[C@@H](C)C(=O)Nc1cccc(CNC(=O)c2nc3nccc(C)n3n2)c1. The minimum atomic E-state index is -0.381. The van der Waals surface area contributed by atoms with Crippen LogP contribution in [0.1, 0.15) is 42.1 Å². The lowest BCUT2D eigenvalue weighted by molar-refractivity contribution is -0.119. The summed E-state index contributed by atoms with van der Waals surface area (Å²) in [5.74, 6) is 0.00359.